The van der Waals surface area contributed by atoms with E-state index in [2.05, 4.69) is 6.07 Å². The highest BCUT2D eigenvalue weighted by Gasteiger charge is 2.31. The van der Waals surface area contributed by atoms with Crippen LogP contribution >= 0.6 is 0 Å². The second-order valence-electron chi connectivity index (χ2n) is 9.07. The number of amides is 2. The highest BCUT2D eigenvalue weighted by Crippen LogP contribution is 2.31. The zero-order valence-corrected chi connectivity index (χ0v) is 19.5. The number of benzene rings is 2. The van der Waals surface area contributed by atoms with Crippen molar-refractivity contribution in [1.29, 1.82) is 0 Å². The summed E-state index contributed by atoms with van der Waals surface area (Å²) in [5.74, 6) is -0.172. The molecule has 5 rings (SSSR count). The minimum atomic E-state index is -3.53. The molecule has 0 atom stereocenters. The summed E-state index contributed by atoms with van der Waals surface area (Å²) < 4.78 is 27.6. The zero-order chi connectivity index (χ0) is 23.0. The van der Waals surface area contributed by atoms with E-state index in [1.54, 1.807) is 23.1 Å². The van der Waals surface area contributed by atoms with Gasteiger partial charge in [0, 0.05) is 38.3 Å². The van der Waals surface area contributed by atoms with Crippen molar-refractivity contribution in [1.82, 2.24) is 9.21 Å². The number of carbonyl (C=O) groups is 2. The number of fused-ring (bicyclic) bond motifs is 2. The van der Waals surface area contributed by atoms with Gasteiger partial charge in [0.2, 0.25) is 21.8 Å². The average molecular weight is 468 g/mol. The molecule has 3 aliphatic heterocycles. The van der Waals surface area contributed by atoms with Gasteiger partial charge in [0.05, 0.1) is 4.90 Å². The lowest BCUT2D eigenvalue weighted by atomic mass is 10.00. The summed E-state index contributed by atoms with van der Waals surface area (Å²) in [7, 11) is -3.53. The SMILES string of the molecule is O=C(CN1C(=O)CCCc2cc(S(=O)(=O)N3CCCC3)ccc21)N1CCc2ccccc2C1. The van der Waals surface area contributed by atoms with Gasteiger partial charge in [-0.15, -0.1) is 0 Å². The minimum absolute atomic E-state index is 0.0216. The van der Waals surface area contributed by atoms with E-state index in [1.165, 1.54) is 9.87 Å². The average Bonchev–Trinajstić information content (AvgIpc) is 3.33. The van der Waals surface area contributed by atoms with Crippen molar-refractivity contribution in [2.75, 3.05) is 31.1 Å². The van der Waals surface area contributed by atoms with Crippen LogP contribution in [-0.4, -0.2) is 55.6 Å². The standard InChI is InChI=1S/C25H29N3O4S/c29-24-9-5-8-20-16-22(33(31,32)27-13-3-4-14-27)10-11-23(20)28(24)18-25(30)26-15-12-19-6-1-2-7-21(19)17-26/h1-2,6-7,10-11,16H,3-5,8-9,12-15,17-18H2. The largest absolute Gasteiger partial charge is 0.336 e. The van der Waals surface area contributed by atoms with E-state index in [0.717, 1.165) is 30.4 Å². The quantitative estimate of drug-likeness (QED) is 0.693. The molecule has 0 radical (unpaired) electrons. The first-order valence-electron chi connectivity index (χ1n) is 11.7. The van der Waals surface area contributed by atoms with Crippen LogP contribution in [0.1, 0.15) is 42.4 Å². The summed E-state index contributed by atoms with van der Waals surface area (Å²) in [4.78, 5) is 29.7. The molecular formula is C25H29N3O4S. The monoisotopic (exact) mass is 467 g/mol. The second-order valence-corrected chi connectivity index (χ2v) is 11.0. The van der Waals surface area contributed by atoms with Crippen molar-refractivity contribution in [3.63, 3.8) is 0 Å². The topological polar surface area (TPSA) is 78.0 Å². The Hall–Kier alpha value is -2.71. The molecule has 0 unspecified atom stereocenters. The molecule has 33 heavy (non-hydrogen) atoms. The first-order chi connectivity index (χ1) is 15.9. The Bertz CT molecular complexity index is 1190. The van der Waals surface area contributed by atoms with Crippen LogP contribution in [0.4, 0.5) is 5.69 Å². The van der Waals surface area contributed by atoms with Crippen molar-refractivity contribution in [2.45, 2.75) is 50.0 Å². The summed E-state index contributed by atoms with van der Waals surface area (Å²) in [6.07, 6.45) is 4.18. The molecule has 0 spiro atoms. The zero-order valence-electron chi connectivity index (χ0n) is 18.7. The fourth-order valence-electron chi connectivity index (χ4n) is 5.08. The van der Waals surface area contributed by atoms with E-state index in [-0.39, 0.29) is 23.3 Å². The lowest BCUT2D eigenvalue weighted by Crippen LogP contribution is -2.44. The number of rotatable bonds is 4. The molecule has 174 valence electrons. The second kappa shape index (κ2) is 8.91. The molecule has 2 amide bonds. The van der Waals surface area contributed by atoms with Gasteiger partial charge in [-0.05, 0) is 67.0 Å². The van der Waals surface area contributed by atoms with Crippen LogP contribution < -0.4 is 4.90 Å². The maximum absolute atomic E-state index is 13.2. The van der Waals surface area contributed by atoms with Crippen molar-refractivity contribution in [3.8, 4) is 0 Å². The van der Waals surface area contributed by atoms with E-state index < -0.39 is 10.0 Å². The Balaban J connectivity index is 1.38. The first kappa shape index (κ1) is 22.1. The fraction of sp³-hybridized carbons (Fsp3) is 0.440. The van der Waals surface area contributed by atoms with Crippen LogP contribution in [0.3, 0.4) is 0 Å². The Morgan fingerprint density at radius 1 is 0.848 bits per heavy atom. The van der Waals surface area contributed by atoms with Gasteiger partial charge in [-0.3, -0.25) is 9.59 Å². The Kier molecular flexibility index (Phi) is 5.97. The molecular weight excluding hydrogens is 438 g/mol. The van der Waals surface area contributed by atoms with Gasteiger partial charge in [-0.1, -0.05) is 24.3 Å². The highest BCUT2D eigenvalue weighted by atomic mass is 32.2. The van der Waals surface area contributed by atoms with Crippen LogP contribution in [0, 0.1) is 0 Å². The van der Waals surface area contributed by atoms with Gasteiger partial charge < -0.3 is 9.80 Å². The molecule has 1 fully saturated rings. The number of hydrogen-bond donors (Lipinski definition) is 0. The molecule has 0 aliphatic carbocycles. The lowest BCUT2D eigenvalue weighted by Gasteiger charge is -2.31. The molecule has 1 saturated heterocycles. The number of aryl methyl sites for hydroxylation is 1. The Labute approximate surface area is 195 Å². The first-order valence-corrected chi connectivity index (χ1v) is 13.2. The molecule has 0 bridgehead atoms. The third-order valence-electron chi connectivity index (χ3n) is 6.96. The summed E-state index contributed by atoms with van der Waals surface area (Å²) in [6.45, 7) is 2.27. The normalized spacial score (nSPS) is 19.2. The summed E-state index contributed by atoms with van der Waals surface area (Å²) in [6, 6.07) is 13.1. The fourth-order valence-corrected chi connectivity index (χ4v) is 6.65. The minimum Gasteiger partial charge on any atom is -0.336 e. The molecule has 2 aromatic carbocycles. The molecule has 0 saturated carbocycles. The van der Waals surface area contributed by atoms with Crippen LogP contribution in [0.25, 0.3) is 0 Å². The van der Waals surface area contributed by atoms with E-state index in [9.17, 15) is 18.0 Å². The van der Waals surface area contributed by atoms with E-state index in [0.29, 0.717) is 51.1 Å². The predicted molar refractivity (Wildman–Crippen MR) is 125 cm³/mol. The number of anilines is 1. The van der Waals surface area contributed by atoms with Crippen molar-refractivity contribution in [2.24, 2.45) is 0 Å². The molecule has 0 N–H and O–H groups in total. The predicted octanol–water partition coefficient (Wildman–Crippen LogP) is 2.73. The maximum atomic E-state index is 13.2. The summed E-state index contributed by atoms with van der Waals surface area (Å²) in [5, 5.41) is 0. The number of carbonyl (C=O) groups excluding carboxylic acids is 2. The van der Waals surface area contributed by atoms with Gasteiger partial charge in [0.25, 0.3) is 0 Å². The third-order valence-corrected chi connectivity index (χ3v) is 8.85. The van der Waals surface area contributed by atoms with Crippen molar-refractivity contribution >= 4 is 27.5 Å². The van der Waals surface area contributed by atoms with Gasteiger partial charge in [-0.2, -0.15) is 4.31 Å². The van der Waals surface area contributed by atoms with Crippen molar-refractivity contribution < 1.29 is 18.0 Å². The Morgan fingerprint density at radius 2 is 1.61 bits per heavy atom. The van der Waals surface area contributed by atoms with Crippen LogP contribution in [0.2, 0.25) is 0 Å². The number of sulfonamides is 1. The molecule has 8 heteroatoms. The van der Waals surface area contributed by atoms with Crippen LogP contribution in [0.15, 0.2) is 47.4 Å². The maximum Gasteiger partial charge on any atom is 0.243 e. The Morgan fingerprint density at radius 3 is 2.39 bits per heavy atom. The lowest BCUT2D eigenvalue weighted by molar-refractivity contribution is -0.132. The molecule has 3 aliphatic rings. The smallest absolute Gasteiger partial charge is 0.243 e. The van der Waals surface area contributed by atoms with Gasteiger partial charge in [-0.25, -0.2) is 8.42 Å². The van der Waals surface area contributed by atoms with Crippen LogP contribution in [0.5, 0.6) is 0 Å². The van der Waals surface area contributed by atoms with Crippen molar-refractivity contribution in [3.05, 3.63) is 59.2 Å². The van der Waals surface area contributed by atoms with Gasteiger partial charge in [0.15, 0.2) is 0 Å². The molecule has 3 heterocycles. The highest BCUT2D eigenvalue weighted by molar-refractivity contribution is 7.89. The summed E-state index contributed by atoms with van der Waals surface area (Å²) >= 11 is 0. The van der Waals surface area contributed by atoms with Gasteiger partial charge in [0.1, 0.15) is 6.54 Å². The third kappa shape index (κ3) is 4.29. The number of nitrogens with zero attached hydrogens (tertiary/aromatic N) is 3. The van der Waals surface area contributed by atoms with E-state index >= 15 is 0 Å². The van der Waals surface area contributed by atoms with Crippen LogP contribution in [-0.2, 0) is 39.0 Å². The molecule has 0 aromatic heterocycles. The summed E-state index contributed by atoms with van der Waals surface area (Å²) in [5.41, 5.74) is 3.89. The van der Waals surface area contributed by atoms with E-state index in [1.807, 2.05) is 23.1 Å². The molecule has 7 nitrogen and oxygen atoms in total. The van der Waals surface area contributed by atoms with E-state index in [4.69, 9.17) is 0 Å². The van der Waals surface area contributed by atoms with Gasteiger partial charge >= 0.3 is 0 Å². The molecule has 2 aromatic rings. The number of hydrogen-bond acceptors (Lipinski definition) is 4.